The number of halogens is 1. The summed E-state index contributed by atoms with van der Waals surface area (Å²) in [5.41, 5.74) is 2.36. The number of benzene rings is 3. The van der Waals surface area contributed by atoms with Gasteiger partial charge in [-0.2, -0.15) is 5.10 Å². The van der Waals surface area contributed by atoms with Gasteiger partial charge in [0.25, 0.3) is 5.91 Å². The van der Waals surface area contributed by atoms with Gasteiger partial charge in [-0.05, 0) is 61.5 Å². The molecule has 0 unspecified atom stereocenters. The molecule has 0 spiro atoms. The van der Waals surface area contributed by atoms with Crippen LogP contribution in [0.5, 0.6) is 0 Å². The highest BCUT2D eigenvalue weighted by Gasteiger charge is 2.19. The number of para-hydroxylation sites is 2. The summed E-state index contributed by atoms with van der Waals surface area (Å²) in [4.78, 5) is 28.4. The van der Waals surface area contributed by atoms with Crippen LogP contribution in [0.1, 0.15) is 15.4 Å². The van der Waals surface area contributed by atoms with Crippen molar-refractivity contribution < 1.29 is 14.3 Å². The largest absolute Gasteiger partial charge is 0.451 e. The predicted molar refractivity (Wildman–Crippen MR) is 145 cm³/mol. The number of esters is 1. The zero-order valence-corrected chi connectivity index (χ0v) is 21.5. The van der Waals surface area contributed by atoms with Crippen LogP contribution < -0.4 is 5.32 Å². The molecular formula is C27H20ClN3O3S2. The molecule has 2 heterocycles. The van der Waals surface area contributed by atoms with Crippen molar-refractivity contribution in [3.63, 3.8) is 0 Å². The molecule has 6 nitrogen and oxygen atoms in total. The first-order valence-corrected chi connectivity index (χ1v) is 13.0. The van der Waals surface area contributed by atoms with Crippen LogP contribution in [-0.2, 0) is 9.53 Å². The fourth-order valence-corrected chi connectivity index (χ4v) is 5.67. The minimum Gasteiger partial charge on any atom is -0.451 e. The molecule has 2 aromatic heterocycles. The lowest BCUT2D eigenvalue weighted by Gasteiger charge is -2.11. The average molecular weight is 534 g/mol. The number of aromatic nitrogens is 2. The number of rotatable bonds is 7. The second-order valence-corrected chi connectivity index (χ2v) is 10.4. The molecule has 0 aliphatic carbocycles. The maximum absolute atomic E-state index is 12.7. The van der Waals surface area contributed by atoms with E-state index in [9.17, 15) is 9.59 Å². The van der Waals surface area contributed by atoms with Crippen LogP contribution in [0, 0.1) is 6.92 Å². The van der Waals surface area contributed by atoms with E-state index in [2.05, 4.69) is 10.4 Å². The van der Waals surface area contributed by atoms with Gasteiger partial charge in [-0.15, -0.1) is 11.3 Å². The van der Waals surface area contributed by atoms with Crippen molar-refractivity contribution in [2.45, 2.75) is 16.7 Å². The number of aryl methyl sites for hydroxylation is 1. The van der Waals surface area contributed by atoms with Crippen LogP contribution in [0.15, 0.2) is 94.7 Å². The van der Waals surface area contributed by atoms with E-state index >= 15 is 0 Å². The SMILES string of the molecule is Cc1nn(-c2ccccc2)c2sc(C(=O)OCC(=O)Nc3ccccc3Sc3ccc(Cl)cc3)cc12. The van der Waals surface area contributed by atoms with E-state index < -0.39 is 18.5 Å². The number of hydrogen-bond donors (Lipinski definition) is 1. The second-order valence-electron chi connectivity index (χ2n) is 7.84. The van der Waals surface area contributed by atoms with E-state index in [1.807, 2.05) is 90.5 Å². The van der Waals surface area contributed by atoms with E-state index in [1.54, 1.807) is 6.07 Å². The number of hydrogen-bond acceptors (Lipinski definition) is 6. The summed E-state index contributed by atoms with van der Waals surface area (Å²) in [5, 5.41) is 8.97. The molecule has 0 saturated heterocycles. The van der Waals surface area contributed by atoms with E-state index in [-0.39, 0.29) is 0 Å². The number of carbonyl (C=O) groups excluding carboxylic acids is 2. The molecule has 0 atom stereocenters. The van der Waals surface area contributed by atoms with E-state index in [0.29, 0.717) is 15.6 Å². The molecule has 3 aromatic carbocycles. The van der Waals surface area contributed by atoms with Gasteiger partial charge < -0.3 is 10.1 Å². The normalized spacial score (nSPS) is 10.9. The molecule has 5 aromatic rings. The number of ether oxygens (including phenoxy) is 1. The van der Waals surface area contributed by atoms with Crippen LogP contribution in [0.25, 0.3) is 15.9 Å². The van der Waals surface area contributed by atoms with Gasteiger partial charge in [0.2, 0.25) is 0 Å². The van der Waals surface area contributed by atoms with Crippen molar-refractivity contribution in [1.82, 2.24) is 9.78 Å². The highest BCUT2D eigenvalue weighted by molar-refractivity contribution is 7.99. The highest BCUT2D eigenvalue weighted by atomic mass is 35.5. The smallest absolute Gasteiger partial charge is 0.348 e. The fraction of sp³-hybridized carbons (Fsp3) is 0.0741. The number of amides is 1. The quantitative estimate of drug-likeness (QED) is 0.228. The Balaban J connectivity index is 1.25. The third-order valence-corrected chi connectivity index (χ3v) is 7.71. The summed E-state index contributed by atoms with van der Waals surface area (Å²) >= 11 is 8.76. The van der Waals surface area contributed by atoms with Crippen molar-refractivity contribution in [2.24, 2.45) is 0 Å². The second kappa shape index (κ2) is 10.6. The minimum atomic E-state index is -0.547. The molecule has 0 aliphatic rings. The van der Waals surface area contributed by atoms with Gasteiger partial charge in [-0.1, -0.05) is 53.7 Å². The zero-order chi connectivity index (χ0) is 25.1. The first-order chi connectivity index (χ1) is 17.5. The summed E-state index contributed by atoms with van der Waals surface area (Å²) < 4.78 is 7.14. The van der Waals surface area contributed by atoms with Crippen molar-refractivity contribution in [1.29, 1.82) is 0 Å². The number of nitrogens with zero attached hydrogens (tertiary/aromatic N) is 2. The molecule has 36 heavy (non-hydrogen) atoms. The van der Waals surface area contributed by atoms with E-state index in [0.717, 1.165) is 31.4 Å². The molecule has 180 valence electrons. The number of anilines is 1. The Hall–Kier alpha value is -3.59. The van der Waals surface area contributed by atoms with E-state index in [4.69, 9.17) is 16.3 Å². The molecule has 0 aliphatic heterocycles. The summed E-state index contributed by atoms with van der Waals surface area (Å²) in [6.45, 7) is 1.51. The van der Waals surface area contributed by atoms with Crippen LogP contribution in [0.2, 0.25) is 5.02 Å². The molecule has 9 heteroatoms. The molecule has 0 radical (unpaired) electrons. The summed E-state index contributed by atoms with van der Waals surface area (Å²) in [5.74, 6) is -0.963. The minimum absolute atomic E-state index is 0.392. The number of carbonyl (C=O) groups is 2. The molecule has 0 saturated carbocycles. The summed E-state index contributed by atoms with van der Waals surface area (Å²) in [6, 6.07) is 26.4. The number of fused-ring (bicyclic) bond motifs is 1. The Morgan fingerprint density at radius 1 is 1.03 bits per heavy atom. The van der Waals surface area contributed by atoms with Gasteiger partial charge in [0.1, 0.15) is 9.71 Å². The molecule has 0 fully saturated rings. The van der Waals surface area contributed by atoms with Crippen molar-refractivity contribution in [2.75, 3.05) is 11.9 Å². The van der Waals surface area contributed by atoms with Crippen molar-refractivity contribution in [3.05, 3.63) is 101 Å². The van der Waals surface area contributed by atoms with Crippen molar-refractivity contribution >= 4 is 62.5 Å². The molecular weight excluding hydrogens is 514 g/mol. The van der Waals surface area contributed by atoms with Gasteiger partial charge in [0.05, 0.1) is 17.1 Å². The van der Waals surface area contributed by atoms with Gasteiger partial charge >= 0.3 is 5.97 Å². The summed E-state index contributed by atoms with van der Waals surface area (Å²) in [6.07, 6.45) is 0. The Morgan fingerprint density at radius 3 is 2.53 bits per heavy atom. The van der Waals surface area contributed by atoms with Crippen LogP contribution >= 0.6 is 34.7 Å². The summed E-state index contributed by atoms with van der Waals surface area (Å²) in [7, 11) is 0. The van der Waals surface area contributed by atoms with Crippen LogP contribution in [0.3, 0.4) is 0 Å². The molecule has 1 amide bonds. The lowest BCUT2D eigenvalue weighted by atomic mass is 10.3. The Labute approximate surface area is 220 Å². The number of nitrogens with one attached hydrogen (secondary N) is 1. The molecule has 1 N–H and O–H groups in total. The monoisotopic (exact) mass is 533 g/mol. The Kier molecular flexibility index (Phi) is 7.09. The van der Waals surface area contributed by atoms with Gasteiger partial charge in [-0.25, -0.2) is 9.48 Å². The zero-order valence-electron chi connectivity index (χ0n) is 19.1. The van der Waals surface area contributed by atoms with Crippen LogP contribution in [0.4, 0.5) is 5.69 Å². The maximum atomic E-state index is 12.7. The fourth-order valence-electron chi connectivity index (χ4n) is 3.57. The van der Waals surface area contributed by atoms with Gasteiger partial charge in [-0.3, -0.25) is 4.79 Å². The molecule has 5 rings (SSSR count). The van der Waals surface area contributed by atoms with Gasteiger partial charge in [0, 0.05) is 20.2 Å². The first kappa shape index (κ1) is 24.1. The Morgan fingerprint density at radius 2 is 1.75 bits per heavy atom. The van der Waals surface area contributed by atoms with Gasteiger partial charge in [0.15, 0.2) is 6.61 Å². The lowest BCUT2D eigenvalue weighted by molar-refractivity contribution is -0.119. The highest BCUT2D eigenvalue weighted by Crippen LogP contribution is 2.34. The standard InChI is InChI=1S/C27H20ClN3O3S2/c1-17-21-15-24(36-26(21)31(30-17)19-7-3-2-4-8-19)27(33)34-16-25(32)29-22-9-5-6-10-23(22)35-20-13-11-18(28)12-14-20/h2-15H,16H2,1H3,(H,29,32). The third-order valence-electron chi connectivity index (χ3n) is 5.28. The topological polar surface area (TPSA) is 73.2 Å². The number of thiophene rings is 1. The van der Waals surface area contributed by atoms with Crippen LogP contribution in [-0.4, -0.2) is 28.3 Å². The van der Waals surface area contributed by atoms with Crippen molar-refractivity contribution in [3.8, 4) is 5.69 Å². The predicted octanol–water partition coefficient (Wildman–Crippen LogP) is 7.00. The Bertz CT molecular complexity index is 1550. The van der Waals surface area contributed by atoms with E-state index in [1.165, 1.54) is 23.1 Å². The first-order valence-electron chi connectivity index (χ1n) is 11.0. The average Bonchev–Trinajstić information content (AvgIpc) is 3.46. The maximum Gasteiger partial charge on any atom is 0.348 e. The molecule has 0 bridgehead atoms. The third kappa shape index (κ3) is 5.31. The lowest BCUT2D eigenvalue weighted by Crippen LogP contribution is -2.20.